The highest BCUT2D eigenvalue weighted by Gasteiger charge is 2.35. The largest absolute Gasteiger partial charge is 0.464 e. The molecule has 0 spiro atoms. The first-order valence-corrected chi connectivity index (χ1v) is 12.3. The van der Waals surface area contributed by atoms with Gasteiger partial charge in [0.1, 0.15) is 5.78 Å². The molecule has 28 heavy (non-hydrogen) atoms. The number of carbonyl (C=O) groups excluding carboxylic acids is 2. The van der Waals surface area contributed by atoms with Crippen molar-refractivity contribution in [2.75, 3.05) is 6.61 Å². The Morgan fingerprint density at radius 1 is 0.893 bits per heavy atom. The van der Waals surface area contributed by atoms with Crippen molar-refractivity contribution in [2.45, 2.75) is 104 Å². The second kappa shape index (κ2) is 15.0. The lowest BCUT2D eigenvalue weighted by atomic mass is 9.92. The van der Waals surface area contributed by atoms with Crippen molar-refractivity contribution in [3.63, 3.8) is 0 Å². The first kappa shape index (κ1) is 27.0. The van der Waals surface area contributed by atoms with Gasteiger partial charge in [0.2, 0.25) is 0 Å². The van der Waals surface area contributed by atoms with Gasteiger partial charge in [-0.1, -0.05) is 72.6 Å². The van der Waals surface area contributed by atoms with Crippen molar-refractivity contribution in [3.8, 4) is 0 Å². The van der Waals surface area contributed by atoms with Gasteiger partial charge in [-0.05, 0) is 24.7 Å². The number of hydrogen-bond donors (Lipinski definition) is 1. The second-order valence-electron chi connectivity index (χ2n) is 7.75. The maximum absolute atomic E-state index is 12.3. The lowest BCUT2D eigenvalue weighted by Gasteiger charge is -2.18. The number of esters is 1. The van der Waals surface area contributed by atoms with Crippen LogP contribution in [0.2, 0.25) is 0 Å². The number of carbonyl (C=O) groups is 2. The molecule has 0 aliphatic rings. The number of Topliss-reactive ketones (excluding diaryl/α,β-unsaturated/α-hetero) is 1. The van der Waals surface area contributed by atoms with Gasteiger partial charge in [0.15, 0.2) is 5.25 Å². The normalized spacial score (nSPS) is 15.0. The molecule has 0 fully saturated rings. The van der Waals surface area contributed by atoms with E-state index in [-0.39, 0.29) is 24.7 Å². The van der Waals surface area contributed by atoms with E-state index in [0.717, 1.165) is 51.4 Å². The Bertz CT molecular complexity index is 543. The standard InChI is InChI=1S/C21H40O6S/c1-5-9-11-17(7-3)13-14-19(22)15-20(28(24,25)26)21(23)27-16-18(8-4)12-10-6-2/h17-18,20H,5-16H2,1-4H3,(H,24,25,26). The zero-order valence-electron chi connectivity index (χ0n) is 18.1. The van der Waals surface area contributed by atoms with Gasteiger partial charge in [0.05, 0.1) is 6.61 Å². The van der Waals surface area contributed by atoms with E-state index in [0.29, 0.717) is 12.3 Å². The van der Waals surface area contributed by atoms with Crippen LogP contribution in [0.3, 0.4) is 0 Å². The van der Waals surface area contributed by atoms with Crippen LogP contribution < -0.4 is 0 Å². The summed E-state index contributed by atoms with van der Waals surface area (Å²) in [6.45, 7) is 8.37. The summed E-state index contributed by atoms with van der Waals surface area (Å²) in [5.74, 6) is -0.772. The fraction of sp³-hybridized carbons (Fsp3) is 0.905. The minimum absolute atomic E-state index is 0.116. The third-order valence-corrected chi connectivity index (χ3v) is 6.49. The lowest BCUT2D eigenvalue weighted by molar-refractivity contribution is -0.145. The third kappa shape index (κ3) is 11.8. The molecule has 0 saturated carbocycles. The van der Waals surface area contributed by atoms with Crippen LogP contribution >= 0.6 is 0 Å². The molecule has 166 valence electrons. The van der Waals surface area contributed by atoms with Gasteiger partial charge in [0, 0.05) is 12.8 Å². The van der Waals surface area contributed by atoms with Crippen LogP contribution in [0.25, 0.3) is 0 Å². The maximum Gasteiger partial charge on any atom is 0.327 e. The predicted octanol–water partition coefficient (Wildman–Crippen LogP) is 4.96. The van der Waals surface area contributed by atoms with Crippen molar-refractivity contribution < 1.29 is 27.3 Å². The molecule has 0 bridgehead atoms. The smallest absolute Gasteiger partial charge is 0.327 e. The Labute approximate surface area is 171 Å². The topological polar surface area (TPSA) is 97.7 Å². The summed E-state index contributed by atoms with van der Waals surface area (Å²) in [6, 6.07) is 0. The highest BCUT2D eigenvalue weighted by molar-refractivity contribution is 7.87. The SMILES string of the molecule is CCCCC(CC)CCC(=O)CC(C(=O)OCC(CC)CCCC)S(=O)(=O)O. The van der Waals surface area contributed by atoms with Crippen molar-refractivity contribution in [2.24, 2.45) is 11.8 Å². The van der Waals surface area contributed by atoms with E-state index in [4.69, 9.17) is 4.74 Å². The summed E-state index contributed by atoms with van der Waals surface area (Å²) in [5, 5.41) is -1.82. The fourth-order valence-corrected chi connectivity index (χ4v) is 3.93. The van der Waals surface area contributed by atoms with Crippen LogP contribution in [0.5, 0.6) is 0 Å². The van der Waals surface area contributed by atoms with E-state index >= 15 is 0 Å². The van der Waals surface area contributed by atoms with Crippen molar-refractivity contribution in [1.82, 2.24) is 0 Å². The Morgan fingerprint density at radius 2 is 1.43 bits per heavy atom. The first-order chi connectivity index (χ1) is 13.2. The lowest BCUT2D eigenvalue weighted by Crippen LogP contribution is -2.35. The zero-order valence-corrected chi connectivity index (χ0v) is 18.9. The molecular weight excluding hydrogens is 380 g/mol. The Kier molecular flexibility index (Phi) is 14.5. The molecule has 3 unspecified atom stereocenters. The molecule has 6 nitrogen and oxygen atoms in total. The number of hydrogen-bond acceptors (Lipinski definition) is 5. The molecule has 0 radical (unpaired) electrons. The Morgan fingerprint density at radius 3 is 1.89 bits per heavy atom. The van der Waals surface area contributed by atoms with E-state index in [1.807, 2.05) is 6.92 Å². The first-order valence-electron chi connectivity index (χ1n) is 10.8. The molecule has 0 aliphatic heterocycles. The molecule has 0 aromatic heterocycles. The molecule has 0 saturated heterocycles. The number of ketones is 1. The van der Waals surface area contributed by atoms with Crippen molar-refractivity contribution in [1.29, 1.82) is 0 Å². The number of ether oxygens (including phenoxy) is 1. The van der Waals surface area contributed by atoms with E-state index in [9.17, 15) is 22.6 Å². The molecule has 0 aliphatic carbocycles. The van der Waals surface area contributed by atoms with Crippen LogP contribution in [0, 0.1) is 11.8 Å². The van der Waals surface area contributed by atoms with E-state index < -0.39 is 27.8 Å². The minimum Gasteiger partial charge on any atom is -0.464 e. The molecule has 0 rings (SSSR count). The van der Waals surface area contributed by atoms with Gasteiger partial charge >= 0.3 is 5.97 Å². The summed E-state index contributed by atoms with van der Waals surface area (Å²) in [7, 11) is -4.68. The highest BCUT2D eigenvalue weighted by Crippen LogP contribution is 2.20. The fourth-order valence-electron chi connectivity index (χ4n) is 3.22. The molecule has 0 aromatic rings. The summed E-state index contributed by atoms with van der Waals surface area (Å²) in [6.07, 6.45) is 8.33. The minimum atomic E-state index is -4.68. The molecular formula is C21H40O6S. The van der Waals surface area contributed by atoms with Crippen molar-refractivity contribution >= 4 is 21.9 Å². The van der Waals surface area contributed by atoms with E-state index in [1.165, 1.54) is 0 Å². The monoisotopic (exact) mass is 420 g/mol. The van der Waals surface area contributed by atoms with Gasteiger partial charge < -0.3 is 4.74 Å². The zero-order chi connectivity index (χ0) is 21.6. The molecule has 0 amide bonds. The second-order valence-corrected chi connectivity index (χ2v) is 9.35. The van der Waals surface area contributed by atoms with Gasteiger partial charge in [-0.3, -0.25) is 14.1 Å². The van der Waals surface area contributed by atoms with E-state index in [1.54, 1.807) is 0 Å². The number of rotatable bonds is 17. The molecule has 1 N–H and O–H groups in total. The predicted molar refractivity (Wildman–Crippen MR) is 112 cm³/mol. The van der Waals surface area contributed by atoms with Crippen molar-refractivity contribution in [3.05, 3.63) is 0 Å². The average molecular weight is 421 g/mol. The van der Waals surface area contributed by atoms with Gasteiger partial charge in [0.25, 0.3) is 10.1 Å². The van der Waals surface area contributed by atoms with E-state index in [2.05, 4.69) is 20.8 Å². The van der Waals surface area contributed by atoms with Gasteiger partial charge in [-0.15, -0.1) is 0 Å². The van der Waals surface area contributed by atoms with Crippen LogP contribution in [0.4, 0.5) is 0 Å². The van der Waals surface area contributed by atoms with Gasteiger partial charge in [-0.25, -0.2) is 0 Å². The summed E-state index contributed by atoms with van der Waals surface area (Å²) in [4.78, 5) is 24.5. The average Bonchev–Trinajstić information content (AvgIpc) is 2.65. The van der Waals surface area contributed by atoms with Crippen LogP contribution in [-0.2, 0) is 24.4 Å². The van der Waals surface area contributed by atoms with Gasteiger partial charge in [-0.2, -0.15) is 8.42 Å². The molecule has 7 heteroatoms. The Balaban J connectivity index is 4.73. The van der Waals surface area contributed by atoms with Crippen LogP contribution in [-0.4, -0.2) is 36.6 Å². The third-order valence-electron chi connectivity index (χ3n) is 5.41. The molecule has 3 atom stereocenters. The molecule has 0 aromatic carbocycles. The summed E-state index contributed by atoms with van der Waals surface area (Å²) in [5.41, 5.74) is 0. The Hall–Kier alpha value is -0.950. The summed E-state index contributed by atoms with van der Waals surface area (Å²) < 4.78 is 37.8. The highest BCUT2D eigenvalue weighted by atomic mass is 32.2. The quantitative estimate of drug-likeness (QED) is 0.264. The summed E-state index contributed by atoms with van der Waals surface area (Å²) >= 11 is 0. The maximum atomic E-state index is 12.3. The van der Waals surface area contributed by atoms with Crippen LogP contribution in [0.1, 0.15) is 98.3 Å². The molecule has 0 heterocycles. The van der Waals surface area contributed by atoms with Crippen LogP contribution in [0.15, 0.2) is 0 Å². The number of unbranched alkanes of at least 4 members (excludes halogenated alkanes) is 2.